The van der Waals surface area contributed by atoms with Crippen molar-refractivity contribution in [3.8, 4) is 0 Å². The van der Waals surface area contributed by atoms with Crippen molar-refractivity contribution in [2.45, 2.75) is 53.1 Å². The summed E-state index contributed by atoms with van der Waals surface area (Å²) in [4.78, 5) is 13.6. The van der Waals surface area contributed by atoms with Crippen LogP contribution in [0.4, 0.5) is 0 Å². The lowest BCUT2D eigenvalue weighted by Gasteiger charge is -2.39. The Bertz CT molecular complexity index is 211. The van der Waals surface area contributed by atoms with Crippen molar-refractivity contribution >= 4 is 5.91 Å². The lowest BCUT2D eigenvalue weighted by Crippen LogP contribution is -2.49. The first kappa shape index (κ1) is 12.2. The molecule has 0 heterocycles. The first-order chi connectivity index (χ1) is 5.68. The quantitative estimate of drug-likeness (QED) is 0.603. The summed E-state index contributed by atoms with van der Waals surface area (Å²) in [7, 11) is 0. The van der Waals surface area contributed by atoms with Gasteiger partial charge in [-0.25, -0.2) is 0 Å². The van der Waals surface area contributed by atoms with Gasteiger partial charge in [-0.05, 0) is 41.5 Å². The number of nitrogens with zero attached hydrogens (tertiary/aromatic N) is 1. The number of carbonyl (C=O) groups is 1. The zero-order valence-corrected chi connectivity index (χ0v) is 9.64. The van der Waals surface area contributed by atoms with Crippen molar-refractivity contribution in [2.24, 2.45) is 0 Å². The maximum atomic E-state index is 11.8. The number of carbonyl (C=O) groups excluding carboxylic acids is 1. The van der Waals surface area contributed by atoms with Crippen LogP contribution in [0.2, 0.25) is 0 Å². The van der Waals surface area contributed by atoms with Gasteiger partial charge in [0.2, 0.25) is 5.91 Å². The van der Waals surface area contributed by atoms with E-state index in [2.05, 4.69) is 6.58 Å². The van der Waals surface area contributed by atoms with Gasteiger partial charge in [-0.1, -0.05) is 6.58 Å². The molecule has 0 radical (unpaired) electrons. The molecule has 0 fully saturated rings. The van der Waals surface area contributed by atoms with Gasteiger partial charge in [0.15, 0.2) is 0 Å². The van der Waals surface area contributed by atoms with Crippen molar-refractivity contribution in [1.29, 1.82) is 0 Å². The maximum Gasteiger partial charge on any atom is 0.249 e. The summed E-state index contributed by atoms with van der Waals surface area (Å²) in [5.41, 5.74) is 0.466. The molecule has 0 unspecified atom stereocenters. The Morgan fingerprint density at radius 2 is 1.69 bits per heavy atom. The van der Waals surface area contributed by atoms with Crippen molar-refractivity contribution in [3.63, 3.8) is 0 Å². The van der Waals surface area contributed by atoms with Crippen molar-refractivity contribution in [1.82, 2.24) is 4.90 Å². The van der Waals surface area contributed by atoms with Crippen molar-refractivity contribution in [2.75, 3.05) is 0 Å². The number of hydrogen-bond donors (Lipinski definition) is 0. The number of amides is 1. The van der Waals surface area contributed by atoms with E-state index in [0.717, 1.165) is 0 Å². The highest BCUT2D eigenvalue weighted by Gasteiger charge is 2.28. The molecule has 76 valence electrons. The fraction of sp³-hybridized carbons (Fsp3) is 0.727. The third-order valence-electron chi connectivity index (χ3n) is 1.82. The Balaban J connectivity index is 4.84. The van der Waals surface area contributed by atoms with Crippen molar-refractivity contribution in [3.05, 3.63) is 12.2 Å². The summed E-state index contributed by atoms with van der Waals surface area (Å²) in [6.07, 6.45) is 0. The minimum absolute atomic E-state index is 0.0440. The summed E-state index contributed by atoms with van der Waals surface area (Å²) < 4.78 is 0. The lowest BCUT2D eigenvalue weighted by molar-refractivity contribution is -0.133. The SMILES string of the molecule is C=C(C)C(=O)N(C(C)C)C(C)(C)C. The van der Waals surface area contributed by atoms with E-state index < -0.39 is 0 Å². The highest BCUT2D eigenvalue weighted by molar-refractivity contribution is 5.92. The Labute approximate surface area is 81.6 Å². The van der Waals surface area contributed by atoms with Gasteiger partial charge in [-0.3, -0.25) is 4.79 Å². The zero-order chi connectivity index (χ0) is 10.8. The normalized spacial score (nSPS) is 11.6. The van der Waals surface area contributed by atoms with Crippen LogP contribution < -0.4 is 0 Å². The Morgan fingerprint density at radius 1 is 1.31 bits per heavy atom. The van der Waals surface area contributed by atoms with Gasteiger partial charge in [0.05, 0.1) is 0 Å². The molecule has 0 saturated heterocycles. The molecule has 2 nitrogen and oxygen atoms in total. The first-order valence-corrected chi connectivity index (χ1v) is 4.67. The minimum Gasteiger partial charge on any atom is -0.332 e. The molecular formula is C11H21NO. The molecule has 0 aliphatic carbocycles. The summed E-state index contributed by atoms with van der Waals surface area (Å²) in [5.74, 6) is 0.0440. The third-order valence-corrected chi connectivity index (χ3v) is 1.82. The smallest absolute Gasteiger partial charge is 0.249 e. The molecule has 0 aliphatic rings. The molecule has 0 aromatic rings. The molecule has 0 saturated carbocycles. The molecular weight excluding hydrogens is 162 g/mol. The first-order valence-electron chi connectivity index (χ1n) is 4.67. The van der Waals surface area contributed by atoms with Crippen LogP contribution in [0.5, 0.6) is 0 Å². The Hall–Kier alpha value is -0.790. The van der Waals surface area contributed by atoms with Gasteiger partial charge in [0.1, 0.15) is 0 Å². The van der Waals surface area contributed by atoms with Gasteiger partial charge in [0.25, 0.3) is 0 Å². The average Bonchev–Trinajstić information content (AvgIpc) is 1.82. The van der Waals surface area contributed by atoms with Gasteiger partial charge in [-0.15, -0.1) is 0 Å². The van der Waals surface area contributed by atoms with Crippen LogP contribution in [0.3, 0.4) is 0 Å². The fourth-order valence-corrected chi connectivity index (χ4v) is 1.52. The average molecular weight is 183 g/mol. The van der Waals surface area contributed by atoms with Gasteiger partial charge >= 0.3 is 0 Å². The maximum absolute atomic E-state index is 11.8. The Morgan fingerprint density at radius 3 is 1.77 bits per heavy atom. The number of hydrogen-bond acceptors (Lipinski definition) is 1. The van der Waals surface area contributed by atoms with Gasteiger partial charge < -0.3 is 4.90 Å². The van der Waals surface area contributed by atoms with E-state index in [1.807, 2.05) is 39.5 Å². The van der Waals surface area contributed by atoms with Crippen LogP contribution >= 0.6 is 0 Å². The van der Waals surface area contributed by atoms with Crippen LogP contribution in [0.15, 0.2) is 12.2 Å². The molecule has 0 atom stereocenters. The summed E-state index contributed by atoms with van der Waals surface area (Å²) in [5, 5.41) is 0. The van der Waals surface area contributed by atoms with Crippen LogP contribution in [0, 0.1) is 0 Å². The second-order valence-corrected chi connectivity index (χ2v) is 4.72. The van der Waals surface area contributed by atoms with Crippen molar-refractivity contribution < 1.29 is 4.79 Å². The second-order valence-electron chi connectivity index (χ2n) is 4.72. The highest BCUT2D eigenvalue weighted by atomic mass is 16.2. The molecule has 2 heteroatoms. The van der Waals surface area contributed by atoms with Crippen LogP contribution in [0.25, 0.3) is 0 Å². The summed E-state index contributed by atoms with van der Waals surface area (Å²) in [6.45, 7) is 15.6. The van der Waals surface area contributed by atoms with Gasteiger partial charge in [-0.2, -0.15) is 0 Å². The van der Waals surface area contributed by atoms with Crippen LogP contribution in [0.1, 0.15) is 41.5 Å². The van der Waals surface area contributed by atoms with Crippen LogP contribution in [-0.4, -0.2) is 22.4 Å². The van der Waals surface area contributed by atoms with E-state index in [1.165, 1.54) is 0 Å². The van der Waals surface area contributed by atoms with E-state index in [0.29, 0.717) is 5.57 Å². The summed E-state index contributed by atoms with van der Waals surface area (Å²) in [6, 6.07) is 0.212. The predicted octanol–water partition coefficient (Wildman–Crippen LogP) is 2.60. The predicted molar refractivity (Wildman–Crippen MR) is 56.5 cm³/mol. The van der Waals surface area contributed by atoms with E-state index in [9.17, 15) is 4.79 Å². The molecule has 0 aromatic carbocycles. The second kappa shape index (κ2) is 3.95. The molecule has 0 N–H and O–H groups in total. The zero-order valence-electron chi connectivity index (χ0n) is 9.64. The van der Waals surface area contributed by atoms with E-state index in [4.69, 9.17) is 0 Å². The Kier molecular flexibility index (Phi) is 3.71. The lowest BCUT2D eigenvalue weighted by atomic mass is 10.0. The molecule has 0 bridgehead atoms. The monoisotopic (exact) mass is 183 g/mol. The molecule has 0 aliphatic heterocycles. The molecule has 0 rings (SSSR count). The largest absolute Gasteiger partial charge is 0.332 e. The van der Waals surface area contributed by atoms with Gasteiger partial charge in [0, 0.05) is 17.2 Å². The molecule has 1 amide bonds. The topological polar surface area (TPSA) is 20.3 Å². The highest BCUT2D eigenvalue weighted by Crippen LogP contribution is 2.19. The van der Waals surface area contributed by atoms with E-state index in [1.54, 1.807) is 6.92 Å². The standard InChI is InChI=1S/C11H21NO/c1-8(2)10(13)12(9(3)4)11(5,6)7/h9H,1H2,2-7H3. The minimum atomic E-state index is -0.135. The van der Waals surface area contributed by atoms with Crippen LogP contribution in [-0.2, 0) is 4.79 Å². The van der Waals surface area contributed by atoms with E-state index >= 15 is 0 Å². The molecule has 13 heavy (non-hydrogen) atoms. The third kappa shape index (κ3) is 3.21. The molecule has 0 aromatic heterocycles. The molecule has 0 spiro atoms. The number of rotatable bonds is 2. The van der Waals surface area contributed by atoms with E-state index in [-0.39, 0.29) is 17.5 Å². The fourth-order valence-electron chi connectivity index (χ4n) is 1.52. The summed E-state index contributed by atoms with van der Waals surface area (Å²) >= 11 is 0.